The summed E-state index contributed by atoms with van der Waals surface area (Å²) in [5.41, 5.74) is 0.845. The Hall–Kier alpha value is -2.74. The quantitative estimate of drug-likeness (QED) is 0.695. The minimum atomic E-state index is -0.294. The molecule has 1 N–H and O–H groups in total. The van der Waals surface area contributed by atoms with Crippen molar-refractivity contribution < 1.29 is 9.18 Å². The van der Waals surface area contributed by atoms with Crippen LogP contribution in [0.5, 0.6) is 0 Å². The molecule has 0 bridgehead atoms. The van der Waals surface area contributed by atoms with Gasteiger partial charge < -0.3 is 5.32 Å². The second kappa shape index (κ2) is 7.69. The number of nitrogens with zero attached hydrogens (tertiary/aromatic N) is 4. The lowest BCUT2D eigenvalue weighted by molar-refractivity contribution is -0.118. The fraction of sp³-hybridized carbons (Fsp3) is 0.125. The molecule has 3 rings (SSSR count). The Labute approximate surface area is 142 Å². The van der Waals surface area contributed by atoms with Crippen molar-refractivity contribution in [1.82, 2.24) is 25.3 Å². The highest BCUT2D eigenvalue weighted by Crippen LogP contribution is 2.14. The van der Waals surface area contributed by atoms with E-state index >= 15 is 0 Å². The Bertz CT molecular complexity index is 790. The van der Waals surface area contributed by atoms with Crippen molar-refractivity contribution in [2.45, 2.75) is 11.6 Å². The van der Waals surface area contributed by atoms with E-state index in [4.69, 9.17) is 0 Å². The van der Waals surface area contributed by atoms with E-state index in [0.29, 0.717) is 17.4 Å². The van der Waals surface area contributed by atoms with Crippen LogP contribution < -0.4 is 5.32 Å². The van der Waals surface area contributed by atoms with Crippen molar-refractivity contribution in [2.75, 3.05) is 5.75 Å². The highest BCUT2D eigenvalue weighted by molar-refractivity contribution is 7.99. The molecule has 8 heteroatoms. The monoisotopic (exact) mass is 343 g/mol. The van der Waals surface area contributed by atoms with Crippen molar-refractivity contribution in [3.05, 3.63) is 66.2 Å². The van der Waals surface area contributed by atoms with Crippen LogP contribution in [-0.2, 0) is 11.3 Å². The van der Waals surface area contributed by atoms with Crippen molar-refractivity contribution in [3.8, 4) is 5.82 Å². The highest BCUT2D eigenvalue weighted by Gasteiger charge is 2.05. The van der Waals surface area contributed by atoms with Crippen LogP contribution in [0.25, 0.3) is 5.82 Å². The topological polar surface area (TPSA) is 72.7 Å². The Morgan fingerprint density at radius 2 is 2.00 bits per heavy atom. The number of carbonyl (C=O) groups excluding carboxylic acids is 1. The van der Waals surface area contributed by atoms with E-state index < -0.39 is 0 Å². The normalized spacial score (nSPS) is 10.5. The number of benzene rings is 1. The summed E-state index contributed by atoms with van der Waals surface area (Å²) in [5.74, 6) is 0.432. The van der Waals surface area contributed by atoms with Crippen LogP contribution in [-0.4, -0.2) is 31.6 Å². The summed E-state index contributed by atoms with van der Waals surface area (Å²) in [6.45, 7) is 0.365. The van der Waals surface area contributed by atoms with E-state index in [-0.39, 0.29) is 17.5 Å². The molecule has 1 amide bonds. The van der Waals surface area contributed by atoms with Crippen LogP contribution >= 0.6 is 11.8 Å². The zero-order chi connectivity index (χ0) is 16.8. The van der Waals surface area contributed by atoms with Gasteiger partial charge in [-0.15, -0.1) is 10.2 Å². The summed E-state index contributed by atoms with van der Waals surface area (Å²) in [7, 11) is 0. The molecule has 24 heavy (non-hydrogen) atoms. The SMILES string of the molecule is O=C(CSc1ccc(-n2cccn2)nn1)NCc1ccc(F)cc1. The highest BCUT2D eigenvalue weighted by atomic mass is 32.2. The van der Waals surface area contributed by atoms with Gasteiger partial charge in [-0.3, -0.25) is 4.79 Å². The van der Waals surface area contributed by atoms with E-state index in [2.05, 4.69) is 20.6 Å². The van der Waals surface area contributed by atoms with Gasteiger partial charge in [0.1, 0.15) is 10.8 Å². The number of nitrogens with one attached hydrogen (secondary N) is 1. The molecule has 0 radical (unpaired) electrons. The summed E-state index contributed by atoms with van der Waals surface area (Å²) in [5, 5.41) is 15.6. The number of hydrogen-bond acceptors (Lipinski definition) is 5. The number of aromatic nitrogens is 4. The lowest BCUT2D eigenvalue weighted by Gasteiger charge is -2.05. The van der Waals surface area contributed by atoms with Gasteiger partial charge in [0.25, 0.3) is 0 Å². The number of hydrogen-bond donors (Lipinski definition) is 1. The fourth-order valence-electron chi connectivity index (χ4n) is 1.91. The second-order valence-electron chi connectivity index (χ2n) is 4.87. The Morgan fingerprint density at radius 1 is 1.17 bits per heavy atom. The Morgan fingerprint density at radius 3 is 2.67 bits per heavy atom. The van der Waals surface area contributed by atoms with E-state index in [1.165, 1.54) is 23.9 Å². The molecule has 0 spiro atoms. The van der Waals surface area contributed by atoms with E-state index in [1.54, 1.807) is 47.4 Å². The van der Waals surface area contributed by atoms with E-state index in [1.807, 2.05) is 0 Å². The molecule has 0 fully saturated rings. The molecule has 0 aliphatic heterocycles. The molecule has 0 aliphatic carbocycles. The van der Waals surface area contributed by atoms with Crippen LogP contribution in [0.2, 0.25) is 0 Å². The maximum absolute atomic E-state index is 12.8. The molecule has 2 aromatic heterocycles. The molecule has 0 unspecified atom stereocenters. The van der Waals surface area contributed by atoms with Gasteiger partial charge in [0.2, 0.25) is 5.91 Å². The first-order valence-corrected chi connectivity index (χ1v) is 8.17. The minimum absolute atomic E-state index is 0.123. The summed E-state index contributed by atoms with van der Waals surface area (Å²) in [6.07, 6.45) is 3.44. The molecule has 0 saturated carbocycles. The van der Waals surface area contributed by atoms with Gasteiger partial charge in [0, 0.05) is 18.9 Å². The van der Waals surface area contributed by atoms with Gasteiger partial charge in [0.05, 0.1) is 5.75 Å². The zero-order valence-corrected chi connectivity index (χ0v) is 13.4. The van der Waals surface area contributed by atoms with Crippen LogP contribution in [0, 0.1) is 5.82 Å². The van der Waals surface area contributed by atoms with E-state index in [9.17, 15) is 9.18 Å². The van der Waals surface area contributed by atoms with Crippen molar-refractivity contribution in [1.29, 1.82) is 0 Å². The average molecular weight is 343 g/mol. The zero-order valence-electron chi connectivity index (χ0n) is 12.6. The van der Waals surface area contributed by atoms with Crippen LogP contribution in [0.3, 0.4) is 0 Å². The van der Waals surface area contributed by atoms with Crippen LogP contribution in [0.15, 0.2) is 59.9 Å². The molecule has 122 valence electrons. The molecular formula is C16H14FN5OS. The molecular weight excluding hydrogens is 329 g/mol. The van der Waals surface area contributed by atoms with Gasteiger partial charge in [-0.05, 0) is 35.9 Å². The molecule has 3 aromatic rings. The van der Waals surface area contributed by atoms with Gasteiger partial charge >= 0.3 is 0 Å². The Kier molecular flexibility index (Phi) is 5.17. The maximum Gasteiger partial charge on any atom is 0.230 e. The standard InChI is InChI=1S/C16H14FN5OS/c17-13-4-2-12(3-5-13)10-18-15(23)11-24-16-7-6-14(20-21-16)22-9-1-8-19-22/h1-9H,10-11H2,(H,18,23). The summed E-state index contributed by atoms with van der Waals surface area (Å²) in [6, 6.07) is 11.4. The van der Waals surface area contributed by atoms with Gasteiger partial charge in [-0.2, -0.15) is 5.10 Å². The largest absolute Gasteiger partial charge is 0.351 e. The molecule has 0 atom stereocenters. The van der Waals surface area contributed by atoms with Gasteiger partial charge in [0.15, 0.2) is 5.82 Å². The third-order valence-corrected chi connectivity index (χ3v) is 4.04. The number of carbonyl (C=O) groups is 1. The predicted octanol–water partition coefficient (Wildman–Crippen LogP) is 2.21. The van der Waals surface area contributed by atoms with Gasteiger partial charge in [-0.25, -0.2) is 9.07 Å². The number of thioether (sulfide) groups is 1. The first-order valence-electron chi connectivity index (χ1n) is 7.18. The predicted molar refractivity (Wildman–Crippen MR) is 88.1 cm³/mol. The number of rotatable bonds is 6. The minimum Gasteiger partial charge on any atom is -0.351 e. The molecule has 0 aliphatic rings. The van der Waals surface area contributed by atoms with Crippen molar-refractivity contribution in [3.63, 3.8) is 0 Å². The van der Waals surface area contributed by atoms with Crippen molar-refractivity contribution in [2.24, 2.45) is 0 Å². The molecule has 6 nitrogen and oxygen atoms in total. The fourth-order valence-corrected chi connectivity index (χ4v) is 2.55. The van der Waals surface area contributed by atoms with Crippen LogP contribution in [0.1, 0.15) is 5.56 Å². The van der Waals surface area contributed by atoms with Crippen LogP contribution in [0.4, 0.5) is 4.39 Å². The molecule has 1 aromatic carbocycles. The van der Waals surface area contributed by atoms with Crippen molar-refractivity contribution >= 4 is 17.7 Å². The van der Waals surface area contributed by atoms with E-state index in [0.717, 1.165) is 5.56 Å². The second-order valence-corrected chi connectivity index (χ2v) is 5.87. The molecule has 0 saturated heterocycles. The third kappa shape index (κ3) is 4.39. The first-order chi connectivity index (χ1) is 11.7. The summed E-state index contributed by atoms with van der Waals surface area (Å²) in [4.78, 5) is 11.8. The lowest BCUT2D eigenvalue weighted by Crippen LogP contribution is -2.24. The third-order valence-electron chi connectivity index (χ3n) is 3.12. The maximum atomic E-state index is 12.8. The summed E-state index contributed by atoms with van der Waals surface area (Å²) < 4.78 is 14.4. The molecule has 2 heterocycles. The average Bonchev–Trinajstić information content (AvgIpc) is 3.14. The number of halogens is 1. The number of amides is 1. The lowest BCUT2D eigenvalue weighted by atomic mass is 10.2. The Balaban J connectivity index is 1.46. The summed E-state index contributed by atoms with van der Waals surface area (Å²) >= 11 is 1.30. The van der Waals surface area contributed by atoms with Gasteiger partial charge in [-0.1, -0.05) is 23.9 Å². The first kappa shape index (κ1) is 16.1. The smallest absolute Gasteiger partial charge is 0.230 e.